The van der Waals surface area contributed by atoms with Gasteiger partial charge in [0.2, 0.25) is 0 Å². The lowest BCUT2D eigenvalue weighted by atomic mass is 10.1. The number of nitrogens with zero attached hydrogens (tertiary/aromatic N) is 3. The van der Waals surface area contributed by atoms with Crippen LogP contribution in [0, 0.1) is 13.8 Å². The maximum Gasteiger partial charge on any atom is 0.257 e. The molecule has 1 amide bonds. The van der Waals surface area contributed by atoms with Crippen molar-refractivity contribution in [1.82, 2.24) is 20.0 Å². The molecule has 112 valence electrons. The average molecular weight is 280 g/mol. The fourth-order valence-corrected chi connectivity index (χ4v) is 2.68. The van der Waals surface area contributed by atoms with E-state index in [2.05, 4.69) is 15.1 Å². The average Bonchev–Trinajstić information content (AvgIpc) is 2.67. The van der Waals surface area contributed by atoms with Crippen LogP contribution in [0.2, 0.25) is 0 Å². The number of rotatable bonds is 3. The summed E-state index contributed by atoms with van der Waals surface area (Å²) >= 11 is 0. The van der Waals surface area contributed by atoms with Crippen molar-refractivity contribution in [2.75, 3.05) is 32.7 Å². The van der Waals surface area contributed by atoms with E-state index in [0.717, 1.165) is 24.5 Å². The first kappa shape index (κ1) is 15.0. The van der Waals surface area contributed by atoms with Gasteiger partial charge < -0.3 is 10.0 Å². The Bertz CT molecular complexity index is 462. The third kappa shape index (κ3) is 3.37. The summed E-state index contributed by atoms with van der Waals surface area (Å²) in [4.78, 5) is 16.6. The van der Waals surface area contributed by atoms with Crippen LogP contribution in [0.5, 0.6) is 0 Å². The largest absolute Gasteiger partial charge is 0.389 e. The number of nitrogens with one attached hydrogen (secondary N) is 1. The first-order chi connectivity index (χ1) is 9.28. The standard InChI is InChI=1S/C14H24N4O2/c1-10-12(11(2)16-15-10)13(19)18-7-5-17(6-8-18)9-14(3,4)20/h20H,5-9H2,1-4H3,(H,15,16). The first-order valence-corrected chi connectivity index (χ1v) is 7.03. The molecule has 1 saturated heterocycles. The number of β-amino-alcohol motifs (C(OH)–C–C–N with tert-alkyl or cyclic N) is 1. The first-order valence-electron chi connectivity index (χ1n) is 7.03. The Morgan fingerprint density at radius 3 is 2.35 bits per heavy atom. The quantitative estimate of drug-likeness (QED) is 0.848. The van der Waals surface area contributed by atoms with E-state index in [1.165, 1.54) is 0 Å². The SMILES string of the molecule is Cc1n[nH]c(C)c1C(=O)N1CCN(CC(C)(C)O)CC1. The number of hydrogen-bond donors (Lipinski definition) is 2. The van der Waals surface area contributed by atoms with E-state index in [1.54, 1.807) is 0 Å². The molecule has 1 fully saturated rings. The number of aliphatic hydroxyl groups is 1. The molecule has 6 heteroatoms. The van der Waals surface area contributed by atoms with Gasteiger partial charge in [-0.05, 0) is 27.7 Å². The van der Waals surface area contributed by atoms with Gasteiger partial charge in [0.15, 0.2) is 0 Å². The predicted molar refractivity (Wildman–Crippen MR) is 76.7 cm³/mol. The van der Waals surface area contributed by atoms with Gasteiger partial charge in [-0.15, -0.1) is 0 Å². The lowest BCUT2D eigenvalue weighted by molar-refractivity contribution is 0.0178. The molecule has 2 rings (SSSR count). The van der Waals surface area contributed by atoms with Crippen LogP contribution in [0.25, 0.3) is 0 Å². The zero-order valence-corrected chi connectivity index (χ0v) is 12.7. The fourth-order valence-electron chi connectivity index (χ4n) is 2.68. The van der Waals surface area contributed by atoms with Crippen molar-refractivity contribution in [3.8, 4) is 0 Å². The molecule has 2 N–H and O–H groups in total. The Kier molecular flexibility index (Phi) is 4.15. The highest BCUT2D eigenvalue weighted by Crippen LogP contribution is 2.15. The number of aryl methyl sites for hydroxylation is 2. The van der Waals surface area contributed by atoms with E-state index in [0.29, 0.717) is 25.2 Å². The van der Waals surface area contributed by atoms with Crippen LogP contribution in [0.15, 0.2) is 0 Å². The molecular weight excluding hydrogens is 256 g/mol. The van der Waals surface area contributed by atoms with Crippen molar-refractivity contribution in [2.45, 2.75) is 33.3 Å². The molecule has 20 heavy (non-hydrogen) atoms. The van der Waals surface area contributed by atoms with Gasteiger partial charge in [-0.3, -0.25) is 14.8 Å². The number of amides is 1. The predicted octanol–water partition coefficient (Wildman–Crippen LogP) is 0.555. The van der Waals surface area contributed by atoms with Crippen molar-refractivity contribution >= 4 is 5.91 Å². The summed E-state index contributed by atoms with van der Waals surface area (Å²) in [6, 6.07) is 0. The summed E-state index contributed by atoms with van der Waals surface area (Å²) in [5.41, 5.74) is 1.59. The Morgan fingerprint density at radius 1 is 1.30 bits per heavy atom. The molecule has 0 unspecified atom stereocenters. The van der Waals surface area contributed by atoms with Crippen molar-refractivity contribution in [2.24, 2.45) is 0 Å². The molecule has 0 saturated carbocycles. The van der Waals surface area contributed by atoms with Crippen LogP contribution in [0.4, 0.5) is 0 Å². The van der Waals surface area contributed by atoms with Gasteiger partial charge in [0.25, 0.3) is 5.91 Å². The number of aromatic amines is 1. The molecule has 0 atom stereocenters. The summed E-state index contributed by atoms with van der Waals surface area (Å²) in [7, 11) is 0. The van der Waals surface area contributed by atoms with Crippen LogP contribution in [-0.4, -0.2) is 69.3 Å². The number of aromatic nitrogens is 2. The molecule has 1 aromatic heterocycles. The molecule has 2 heterocycles. The summed E-state index contributed by atoms with van der Waals surface area (Å²) < 4.78 is 0. The van der Waals surface area contributed by atoms with Crippen molar-refractivity contribution < 1.29 is 9.90 Å². The van der Waals surface area contributed by atoms with E-state index >= 15 is 0 Å². The summed E-state index contributed by atoms with van der Waals surface area (Å²) in [5.74, 6) is 0.0525. The maximum absolute atomic E-state index is 12.5. The highest BCUT2D eigenvalue weighted by Gasteiger charge is 2.27. The zero-order valence-electron chi connectivity index (χ0n) is 12.7. The molecular formula is C14H24N4O2. The zero-order chi connectivity index (χ0) is 14.9. The van der Waals surface area contributed by atoms with E-state index < -0.39 is 5.60 Å². The molecule has 0 radical (unpaired) electrons. The van der Waals surface area contributed by atoms with Gasteiger partial charge in [0.1, 0.15) is 0 Å². The van der Waals surface area contributed by atoms with E-state index in [4.69, 9.17) is 0 Å². The van der Waals surface area contributed by atoms with Crippen LogP contribution in [-0.2, 0) is 0 Å². The molecule has 0 aliphatic carbocycles. The van der Waals surface area contributed by atoms with Gasteiger partial charge in [0.05, 0.1) is 16.9 Å². The van der Waals surface area contributed by atoms with Gasteiger partial charge in [0, 0.05) is 38.4 Å². The Balaban J connectivity index is 1.96. The smallest absolute Gasteiger partial charge is 0.257 e. The number of carbonyl (C=O) groups is 1. The second kappa shape index (κ2) is 5.54. The lowest BCUT2D eigenvalue weighted by Crippen LogP contribution is -2.52. The van der Waals surface area contributed by atoms with Gasteiger partial charge >= 0.3 is 0 Å². The van der Waals surface area contributed by atoms with Crippen LogP contribution < -0.4 is 0 Å². The van der Waals surface area contributed by atoms with Gasteiger partial charge in [-0.2, -0.15) is 5.10 Å². The summed E-state index contributed by atoms with van der Waals surface area (Å²) in [6.45, 7) is 11.0. The minimum absolute atomic E-state index is 0.0525. The van der Waals surface area contributed by atoms with E-state index in [-0.39, 0.29) is 5.91 Å². The van der Waals surface area contributed by atoms with E-state index in [1.807, 2.05) is 32.6 Å². The number of piperazine rings is 1. The molecule has 1 aromatic rings. The monoisotopic (exact) mass is 280 g/mol. The van der Waals surface area contributed by atoms with E-state index in [9.17, 15) is 9.90 Å². The Morgan fingerprint density at radius 2 is 1.90 bits per heavy atom. The third-order valence-electron chi connectivity index (χ3n) is 3.61. The molecule has 1 aliphatic heterocycles. The molecule has 0 spiro atoms. The number of hydrogen-bond acceptors (Lipinski definition) is 4. The fraction of sp³-hybridized carbons (Fsp3) is 0.714. The highest BCUT2D eigenvalue weighted by molar-refractivity contribution is 5.96. The number of carbonyl (C=O) groups excluding carboxylic acids is 1. The lowest BCUT2D eigenvalue weighted by Gasteiger charge is -2.37. The van der Waals surface area contributed by atoms with Crippen LogP contribution in [0.1, 0.15) is 35.6 Å². The molecule has 1 aliphatic rings. The Labute approximate surface area is 119 Å². The van der Waals surface area contributed by atoms with Gasteiger partial charge in [-0.25, -0.2) is 0 Å². The molecule has 0 aromatic carbocycles. The van der Waals surface area contributed by atoms with Crippen molar-refractivity contribution in [3.05, 3.63) is 17.0 Å². The number of H-pyrrole nitrogens is 1. The summed E-state index contributed by atoms with van der Waals surface area (Å²) in [5, 5.41) is 16.8. The maximum atomic E-state index is 12.5. The highest BCUT2D eigenvalue weighted by atomic mass is 16.3. The molecule has 0 bridgehead atoms. The topological polar surface area (TPSA) is 72.5 Å². The normalized spacial score (nSPS) is 17.6. The Hall–Kier alpha value is -1.40. The second-order valence-corrected chi connectivity index (χ2v) is 6.19. The molecule has 6 nitrogen and oxygen atoms in total. The summed E-state index contributed by atoms with van der Waals surface area (Å²) in [6.07, 6.45) is 0. The van der Waals surface area contributed by atoms with Gasteiger partial charge in [-0.1, -0.05) is 0 Å². The van der Waals surface area contributed by atoms with Crippen LogP contribution in [0.3, 0.4) is 0 Å². The van der Waals surface area contributed by atoms with Crippen molar-refractivity contribution in [1.29, 1.82) is 0 Å². The minimum atomic E-state index is -0.691. The minimum Gasteiger partial charge on any atom is -0.389 e. The van der Waals surface area contributed by atoms with Crippen molar-refractivity contribution in [3.63, 3.8) is 0 Å². The van der Waals surface area contributed by atoms with Crippen LogP contribution >= 0.6 is 0 Å². The second-order valence-electron chi connectivity index (χ2n) is 6.19. The third-order valence-corrected chi connectivity index (χ3v) is 3.61.